The number of hydrogen-bond donors (Lipinski definition) is 1. The fourth-order valence-electron chi connectivity index (χ4n) is 1.78. The van der Waals surface area contributed by atoms with Gasteiger partial charge in [-0.25, -0.2) is 4.98 Å². The summed E-state index contributed by atoms with van der Waals surface area (Å²) >= 11 is 1.80. The van der Waals surface area contributed by atoms with Crippen molar-refractivity contribution < 1.29 is 0 Å². The van der Waals surface area contributed by atoms with Crippen molar-refractivity contribution in [2.24, 2.45) is 5.41 Å². The summed E-state index contributed by atoms with van der Waals surface area (Å²) in [7, 11) is 0. The van der Waals surface area contributed by atoms with E-state index in [9.17, 15) is 0 Å². The minimum Gasteiger partial charge on any atom is -0.313 e. The highest BCUT2D eigenvalue weighted by Crippen LogP contribution is 2.24. The summed E-state index contributed by atoms with van der Waals surface area (Å²) in [4.78, 5) is 4.67. The maximum atomic E-state index is 4.67. The Morgan fingerprint density at radius 1 is 1.35 bits per heavy atom. The average Bonchev–Trinajstić information content (AvgIpc) is 2.70. The number of rotatable bonds is 6. The molecule has 0 saturated heterocycles. The molecule has 1 N–H and O–H groups in total. The summed E-state index contributed by atoms with van der Waals surface area (Å²) in [5.74, 6) is 0. The van der Waals surface area contributed by atoms with Crippen LogP contribution in [0.4, 0.5) is 0 Å². The van der Waals surface area contributed by atoms with E-state index >= 15 is 0 Å². The molecular weight excluding hydrogens is 228 g/mol. The molecule has 0 saturated carbocycles. The Morgan fingerprint density at radius 2 is 2.06 bits per heavy atom. The lowest BCUT2D eigenvalue weighted by Crippen LogP contribution is -2.42. The van der Waals surface area contributed by atoms with Gasteiger partial charge in [-0.15, -0.1) is 11.3 Å². The van der Waals surface area contributed by atoms with Crippen molar-refractivity contribution in [3.05, 3.63) is 16.1 Å². The van der Waals surface area contributed by atoms with Crippen LogP contribution in [-0.2, 0) is 12.8 Å². The Labute approximate surface area is 110 Å². The number of hydrogen-bond acceptors (Lipinski definition) is 3. The maximum absolute atomic E-state index is 4.67. The Bertz CT molecular complexity index is 325. The van der Waals surface area contributed by atoms with Gasteiger partial charge >= 0.3 is 0 Å². The lowest BCUT2D eigenvalue weighted by molar-refractivity contribution is 0.266. The molecule has 1 heterocycles. The molecule has 2 nitrogen and oxygen atoms in total. The summed E-state index contributed by atoms with van der Waals surface area (Å²) in [6, 6.07) is 0.512. The van der Waals surface area contributed by atoms with Crippen molar-refractivity contribution in [3.8, 4) is 0 Å². The SMILES string of the molecule is CCCNC(Cc1nc(CC)cs1)C(C)(C)C. The first-order valence-electron chi connectivity index (χ1n) is 6.64. The van der Waals surface area contributed by atoms with E-state index in [0.29, 0.717) is 6.04 Å². The van der Waals surface area contributed by atoms with Gasteiger partial charge in [-0.05, 0) is 24.8 Å². The molecule has 1 rings (SSSR count). The average molecular weight is 254 g/mol. The standard InChI is InChI=1S/C14H26N2S/c1-6-8-15-12(14(3,4)5)9-13-16-11(7-2)10-17-13/h10,12,15H,6-9H2,1-5H3. The normalized spacial score (nSPS) is 13.9. The highest BCUT2D eigenvalue weighted by atomic mass is 32.1. The van der Waals surface area contributed by atoms with Gasteiger partial charge in [0.05, 0.1) is 10.7 Å². The Kier molecular flexibility index (Phi) is 5.60. The van der Waals surface area contributed by atoms with Gasteiger partial charge in [-0.1, -0.05) is 34.6 Å². The van der Waals surface area contributed by atoms with Crippen molar-refractivity contribution in [1.29, 1.82) is 0 Å². The highest BCUT2D eigenvalue weighted by Gasteiger charge is 2.25. The van der Waals surface area contributed by atoms with Crippen LogP contribution < -0.4 is 5.32 Å². The predicted molar refractivity (Wildman–Crippen MR) is 76.7 cm³/mol. The van der Waals surface area contributed by atoms with Crippen LogP contribution in [0.15, 0.2) is 5.38 Å². The third kappa shape index (κ3) is 4.76. The van der Waals surface area contributed by atoms with Gasteiger partial charge in [0, 0.05) is 17.8 Å². The zero-order valence-corrected chi connectivity index (χ0v) is 12.7. The van der Waals surface area contributed by atoms with Gasteiger partial charge in [0.15, 0.2) is 0 Å². The fourth-order valence-corrected chi connectivity index (χ4v) is 2.71. The minimum absolute atomic E-state index is 0.285. The third-order valence-electron chi connectivity index (χ3n) is 3.03. The minimum atomic E-state index is 0.285. The van der Waals surface area contributed by atoms with E-state index in [-0.39, 0.29) is 5.41 Å². The van der Waals surface area contributed by atoms with Crippen molar-refractivity contribution in [2.45, 2.75) is 59.9 Å². The molecule has 1 aromatic rings. The Morgan fingerprint density at radius 3 is 2.53 bits per heavy atom. The second-order valence-electron chi connectivity index (χ2n) is 5.66. The highest BCUT2D eigenvalue weighted by molar-refractivity contribution is 7.09. The first-order valence-corrected chi connectivity index (χ1v) is 7.52. The molecule has 98 valence electrons. The van der Waals surface area contributed by atoms with Crippen LogP contribution in [0, 0.1) is 5.41 Å². The Balaban J connectivity index is 2.65. The lowest BCUT2D eigenvalue weighted by atomic mass is 9.85. The van der Waals surface area contributed by atoms with E-state index in [1.807, 2.05) is 0 Å². The zero-order valence-electron chi connectivity index (χ0n) is 11.8. The molecule has 17 heavy (non-hydrogen) atoms. The van der Waals surface area contributed by atoms with Crippen LogP contribution in [0.1, 0.15) is 51.7 Å². The molecule has 1 atom stereocenters. The summed E-state index contributed by atoms with van der Waals surface area (Å²) in [5, 5.41) is 7.11. The molecule has 0 aromatic carbocycles. The van der Waals surface area contributed by atoms with Gasteiger partial charge in [0.25, 0.3) is 0 Å². The van der Waals surface area contributed by atoms with E-state index in [2.05, 4.69) is 50.3 Å². The van der Waals surface area contributed by atoms with Gasteiger partial charge in [0.2, 0.25) is 0 Å². The van der Waals surface area contributed by atoms with E-state index < -0.39 is 0 Å². The van der Waals surface area contributed by atoms with Crippen LogP contribution in [0.5, 0.6) is 0 Å². The van der Waals surface area contributed by atoms with Crippen LogP contribution in [0.25, 0.3) is 0 Å². The van der Waals surface area contributed by atoms with Crippen molar-refractivity contribution in [3.63, 3.8) is 0 Å². The summed E-state index contributed by atoms with van der Waals surface area (Å²) in [5.41, 5.74) is 1.51. The zero-order chi connectivity index (χ0) is 12.9. The number of nitrogens with zero attached hydrogens (tertiary/aromatic N) is 1. The van der Waals surface area contributed by atoms with E-state index in [1.165, 1.54) is 17.1 Å². The maximum Gasteiger partial charge on any atom is 0.0943 e. The smallest absolute Gasteiger partial charge is 0.0943 e. The van der Waals surface area contributed by atoms with Gasteiger partial charge < -0.3 is 5.32 Å². The van der Waals surface area contributed by atoms with Gasteiger partial charge in [-0.3, -0.25) is 0 Å². The van der Waals surface area contributed by atoms with Crippen molar-refractivity contribution in [1.82, 2.24) is 10.3 Å². The molecule has 1 unspecified atom stereocenters. The largest absolute Gasteiger partial charge is 0.313 e. The van der Waals surface area contributed by atoms with Crippen molar-refractivity contribution in [2.75, 3.05) is 6.54 Å². The number of aromatic nitrogens is 1. The van der Waals surface area contributed by atoms with E-state index in [0.717, 1.165) is 19.4 Å². The quantitative estimate of drug-likeness (QED) is 0.838. The molecule has 0 aliphatic heterocycles. The third-order valence-corrected chi connectivity index (χ3v) is 3.95. The lowest BCUT2D eigenvalue weighted by Gasteiger charge is -2.31. The van der Waals surface area contributed by atoms with E-state index in [1.54, 1.807) is 11.3 Å². The number of aryl methyl sites for hydroxylation is 1. The first-order chi connectivity index (χ1) is 7.97. The van der Waals surface area contributed by atoms with Crippen LogP contribution >= 0.6 is 11.3 Å². The monoisotopic (exact) mass is 254 g/mol. The molecule has 0 aliphatic rings. The van der Waals surface area contributed by atoms with Crippen LogP contribution in [0.3, 0.4) is 0 Å². The summed E-state index contributed by atoms with van der Waals surface area (Å²) in [6.07, 6.45) is 3.28. The van der Waals surface area contributed by atoms with Crippen molar-refractivity contribution >= 4 is 11.3 Å². The molecule has 0 aliphatic carbocycles. The molecule has 1 aromatic heterocycles. The molecule has 0 bridgehead atoms. The number of nitrogens with one attached hydrogen (secondary N) is 1. The predicted octanol–water partition coefficient (Wildman–Crippen LogP) is 3.66. The molecule has 0 spiro atoms. The second-order valence-corrected chi connectivity index (χ2v) is 6.61. The molecule has 0 radical (unpaired) electrons. The van der Waals surface area contributed by atoms with Crippen LogP contribution in [0.2, 0.25) is 0 Å². The second kappa shape index (κ2) is 6.50. The summed E-state index contributed by atoms with van der Waals surface area (Å²) < 4.78 is 0. The molecule has 0 amide bonds. The van der Waals surface area contributed by atoms with Crippen LogP contribution in [-0.4, -0.2) is 17.6 Å². The summed E-state index contributed by atoms with van der Waals surface area (Å²) in [6.45, 7) is 12.4. The number of thiazole rings is 1. The molecule has 0 fully saturated rings. The first kappa shape index (κ1) is 14.7. The topological polar surface area (TPSA) is 24.9 Å². The molecule has 3 heteroatoms. The van der Waals surface area contributed by atoms with Gasteiger partial charge in [-0.2, -0.15) is 0 Å². The fraction of sp³-hybridized carbons (Fsp3) is 0.786. The van der Waals surface area contributed by atoms with Gasteiger partial charge in [0.1, 0.15) is 0 Å². The Hall–Kier alpha value is -0.410. The molecular formula is C14H26N2S. The van der Waals surface area contributed by atoms with E-state index in [4.69, 9.17) is 0 Å².